The van der Waals surface area contributed by atoms with Crippen LogP contribution >= 0.6 is 0 Å². The van der Waals surface area contributed by atoms with E-state index in [0.29, 0.717) is 13.2 Å². The number of unbranched alkanes of at least 4 members (excludes halogenated alkanes) is 8. The molecule has 0 saturated carbocycles. The fraction of sp³-hybridized carbons (Fsp3) is 0.846. The van der Waals surface area contributed by atoms with E-state index in [1.54, 1.807) is 0 Å². The molecular weight excluding hydrogens is 376 g/mol. The van der Waals surface area contributed by atoms with Crippen LogP contribution in [0.5, 0.6) is 0 Å². The van der Waals surface area contributed by atoms with Crippen molar-refractivity contribution in [3.63, 3.8) is 0 Å². The molecule has 0 bridgehead atoms. The smallest absolute Gasteiger partial charge is 0.311 e. The molecule has 0 aromatic heterocycles. The zero-order valence-corrected chi connectivity index (χ0v) is 20.7. The highest BCUT2D eigenvalue weighted by molar-refractivity contribution is 5.76. The van der Waals surface area contributed by atoms with Gasteiger partial charge in [-0.1, -0.05) is 50.7 Å². The summed E-state index contributed by atoms with van der Waals surface area (Å²) in [6.07, 6.45) is 18.1. The van der Waals surface area contributed by atoms with E-state index in [1.807, 2.05) is 41.5 Å². The van der Waals surface area contributed by atoms with E-state index >= 15 is 0 Å². The molecular formula is C26H48O4. The van der Waals surface area contributed by atoms with Crippen molar-refractivity contribution in [2.24, 2.45) is 10.8 Å². The van der Waals surface area contributed by atoms with E-state index in [1.165, 1.54) is 38.5 Å². The van der Waals surface area contributed by atoms with Crippen LogP contribution < -0.4 is 0 Å². The van der Waals surface area contributed by atoms with Crippen molar-refractivity contribution in [2.45, 2.75) is 119 Å². The molecule has 0 radical (unpaired) electrons. The van der Waals surface area contributed by atoms with Crippen LogP contribution in [0, 0.1) is 10.8 Å². The Bertz CT molecular complexity index is 447. The quantitative estimate of drug-likeness (QED) is 0.131. The van der Waals surface area contributed by atoms with Gasteiger partial charge >= 0.3 is 11.9 Å². The maximum Gasteiger partial charge on any atom is 0.311 e. The fourth-order valence-electron chi connectivity index (χ4n) is 3.46. The summed E-state index contributed by atoms with van der Waals surface area (Å²) in [5, 5.41) is 0. The van der Waals surface area contributed by atoms with E-state index in [2.05, 4.69) is 12.2 Å². The summed E-state index contributed by atoms with van der Waals surface area (Å²) >= 11 is 0. The lowest BCUT2D eigenvalue weighted by Gasteiger charge is -2.21. The zero-order valence-electron chi connectivity index (χ0n) is 20.7. The number of esters is 2. The van der Waals surface area contributed by atoms with E-state index in [9.17, 15) is 9.59 Å². The summed E-state index contributed by atoms with van der Waals surface area (Å²) in [5.41, 5.74) is -0.713. The zero-order chi connectivity index (χ0) is 22.9. The summed E-state index contributed by atoms with van der Waals surface area (Å²) in [6, 6.07) is 0. The number of hydrogen-bond donors (Lipinski definition) is 0. The van der Waals surface area contributed by atoms with Crippen LogP contribution in [0.2, 0.25) is 0 Å². The van der Waals surface area contributed by atoms with Crippen LogP contribution in [0.15, 0.2) is 12.2 Å². The van der Waals surface area contributed by atoms with Gasteiger partial charge in [0.1, 0.15) is 0 Å². The summed E-state index contributed by atoms with van der Waals surface area (Å²) in [7, 11) is 0. The molecule has 4 nitrogen and oxygen atoms in total. The predicted molar refractivity (Wildman–Crippen MR) is 125 cm³/mol. The van der Waals surface area contributed by atoms with Gasteiger partial charge in [0.25, 0.3) is 0 Å². The van der Waals surface area contributed by atoms with Crippen LogP contribution in [0.4, 0.5) is 0 Å². The summed E-state index contributed by atoms with van der Waals surface area (Å²) in [6.45, 7) is 12.6. The molecule has 30 heavy (non-hydrogen) atoms. The molecule has 0 fully saturated rings. The number of hydrogen-bond acceptors (Lipinski definition) is 4. The van der Waals surface area contributed by atoms with Gasteiger partial charge in [-0.2, -0.15) is 0 Å². The molecule has 0 atom stereocenters. The Labute approximate surface area is 186 Å². The van der Waals surface area contributed by atoms with Crippen LogP contribution in [0.25, 0.3) is 0 Å². The second-order valence-electron chi connectivity index (χ2n) is 9.59. The average molecular weight is 425 g/mol. The topological polar surface area (TPSA) is 52.6 Å². The fourth-order valence-corrected chi connectivity index (χ4v) is 3.46. The molecule has 0 amide bonds. The minimum Gasteiger partial charge on any atom is -0.466 e. The SMILES string of the molecule is CCOC(=O)C(C)(C)CCCCCC/C=C\CCCCCCC(C)(C)C(=O)OCC. The Morgan fingerprint density at radius 1 is 0.600 bits per heavy atom. The van der Waals surface area contributed by atoms with Crippen molar-refractivity contribution < 1.29 is 19.1 Å². The summed E-state index contributed by atoms with van der Waals surface area (Å²) in [5.74, 6) is -0.147. The molecule has 0 N–H and O–H groups in total. The molecule has 4 heteroatoms. The lowest BCUT2D eigenvalue weighted by atomic mass is 9.87. The van der Waals surface area contributed by atoms with Crippen LogP contribution in [0.3, 0.4) is 0 Å². The maximum atomic E-state index is 11.9. The van der Waals surface area contributed by atoms with Gasteiger partial charge in [0, 0.05) is 0 Å². The van der Waals surface area contributed by atoms with E-state index in [4.69, 9.17) is 9.47 Å². The Morgan fingerprint density at radius 3 is 1.27 bits per heavy atom. The van der Waals surface area contributed by atoms with Gasteiger partial charge in [-0.25, -0.2) is 0 Å². The van der Waals surface area contributed by atoms with Gasteiger partial charge in [-0.05, 0) is 80.1 Å². The first-order chi connectivity index (χ1) is 14.2. The minimum atomic E-state index is -0.357. The number of carbonyl (C=O) groups excluding carboxylic acids is 2. The van der Waals surface area contributed by atoms with E-state index in [-0.39, 0.29) is 22.8 Å². The number of carbonyl (C=O) groups is 2. The third kappa shape index (κ3) is 13.8. The Balaban J connectivity index is 3.58. The van der Waals surface area contributed by atoms with Crippen molar-refractivity contribution >= 4 is 11.9 Å². The Kier molecular flexibility index (Phi) is 15.7. The van der Waals surface area contributed by atoms with Crippen molar-refractivity contribution in [1.29, 1.82) is 0 Å². The first-order valence-corrected chi connectivity index (χ1v) is 12.2. The van der Waals surface area contributed by atoms with Gasteiger partial charge in [-0.3, -0.25) is 9.59 Å². The molecule has 0 unspecified atom stereocenters. The second kappa shape index (κ2) is 16.4. The lowest BCUT2D eigenvalue weighted by Crippen LogP contribution is -2.26. The highest BCUT2D eigenvalue weighted by atomic mass is 16.5. The predicted octanol–water partition coefficient (Wildman–Crippen LogP) is 7.40. The Morgan fingerprint density at radius 2 is 0.933 bits per heavy atom. The largest absolute Gasteiger partial charge is 0.466 e. The summed E-state index contributed by atoms with van der Waals surface area (Å²) < 4.78 is 10.3. The summed E-state index contributed by atoms with van der Waals surface area (Å²) in [4.78, 5) is 23.7. The van der Waals surface area contributed by atoms with Crippen molar-refractivity contribution in [3.05, 3.63) is 12.2 Å². The van der Waals surface area contributed by atoms with Gasteiger partial charge in [0.15, 0.2) is 0 Å². The highest BCUT2D eigenvalue weighted by Gasteiger charge is 2.28. The van der Waals surface area contributed by atoms with E-state index < -0.39 is 0 Å². The van der Waals surface area contributed by atoms with Gasteiger partial charge in [-0.15, -0.1) is 0 Å². The standard InChI is InChI=1S/C26H48O4/c1-7-29-23(27)25(3,4)21-19-17-15-13-11-9-10-12-14-16-18-20-22-26(5,6)24(28)30-8-2/h9-10H,7-8,11-22H2,1-6H3/b10-9-. The van der Waals surface area contributed by atoms with Crippen LogP contribution in [0.1, 0.15) is 119 Å². The maximum absolute atomic E-state index is 11.9. The molecule has 0 heterocycles. The molecule has 0 aromatic carbocycles. The number of ether oxygens (including phenoxy) is 2. The van der Waals surface area contributed by atoms with Gasteiger partial charge in [0.2, 0.25) is 0 Å². The van der Waals surface area contributed by atoms with Crippen molar-refractivity contribution in [1.82, 2.24) is 0 Å². The normalized spacial score (nSPS) is 12.3. The first kappa shape index (κ1) is 28.7. The van der Waals surface area contributed by atoms with Gasteiger partial charge in [0.05, 0.1) is 24.0 Å². The van der Waals surface area contributed by atoms with Crippen molar-refractivity contribution in [2.75, 3.05) is 13.2 Å². The molecule has 0 saturated heterocycles. The van der Waals surface area contributed by atoms with E-state index in [0.717, 1.165) is 38.5 Å². The van der Waals surface area contributed by atoms with Crippen molar-refractivity contribution in [3.8, 4) is 0 Å². The monoisotopic (exact) mass is 424 g/mol. The van der Waals surface area contributed by atoms with Crippen LogP contribution in [-0.2, 0) is 19.1 Å². The molecule has 0 aliphatic carbocycles. The number of rotatable bonds is 18. The lowest BCUT2D eigenvalue weighted by molar-refractivity contribution is -0.154. The first-order valence-electron chi connectivity index (χ1n) is 12.2. The third-order valence-electron chi connectivity index (χ3n) is 5.67. The highest BCUT2D eigenvalue weighted by Crippen LogP contribution is 2.26. The second-order valence-corrected chi connectivity index (χ2v) is 9.59. The third-order valence-corrected chi connectivity index (χ3v) is 5.67. The average Bonchev–Trinajstić information content (AvgIpc) is 2.68. The molecule has 0 aliphatic rings. The Hall–Kier alpha value is -1.32. The molecule has 0 aromatic rings. The molecule has 0 rings (SSSR count). The molecule has 0 spiro atoms. The molecule has 0 aliphatic heterocycles. The molecule has 176 valence electrons. The van der Waals surface area contributed by atoms with Crippen LogP contribution in [-0.4, -0.2) is 25.2 Å². The number of allylic oxidation sites excluding steroid dienone is 2. The minimum absolute atomic E-state index is 0.0735. The van der Waals surface area contributed by atoms with Gasteiger partial charge < -0.3 is 9.47 Å².